The molecule has 5 heteroatoms. The molecule has 4 fully saturated rings. The Balaban J connectivity index is 1.63. The maximum Gasteiger partial charge on any atom is 0.309 e. The van der Waals surface area contributed by atoms with Crippen molar-refractivity contribution in [1.29, 1.82) is 5.41 Å². The van der Waals surface area contributed by atoms with Gasteiger partial charge in [-0.1, -0.05) is 40.2 Å². The number of aliphatic carboxylic acids is 1. The summed E-state index contributed by atoms with van der Waals surface area (Å²) in [4.78, 5) is 26.5. The zero-order valence-corrected chi connectivity index (χ0v) is 22.5. The number of nitrogens with one attached hydrogen (secondary N) is 1. The normalized spacial score (nSPS) is 55.5. The average Bonchev–Trinajstić information content (AvgIpc) is 2.79. The standard InChI is InChI=1S/C30H45NO4/c1-25-11-12-26(2,24(34)35)16-19(25)18-15-20(32)23-27(3)9-8-22(33)28(4,17-31)21(27)7-10-30(23,6)29(18,5)14-13-25/h15,17,19,21-23,31,33H,7-14,16H2,1-6H3,(H,34,35)/t19-,21?,22-,23+,25+,26-,27-,28-,29+,30+/m0/s1. The van der Waals surface area contributed by atoms with Crippen LogP contribution in [0.25, 0.3) is 0 Å². The SMILES string of the molecule is C[C@]1(C(=O)O)CC[C@]2(C)CC[C@]3(C)C(=CC(=O)[C@@H]4[C@@]5(C)CC[C@H](O)[C@@](C)(C=N)C5CC[C@]43C)[C@@H]2C1. The molecule has 0 spiro atoms. The molecule has 194 valence electrons. The number of aliphatic hydroxyl groups excluding tert-OH is 1. The predicted molar refractivity (Wildman–Crippen MR) is 136 cm³/mol. The zero-order valence-electron chi connectivity index (χ0n) is 22.5. The summed E-state index contributed by atoms with van der Waals surface area (Å²) in [5, 5.41) is 29.2. The van der Waals surface area contributed by atoms with Crippen LogP contribution in [-0.2, 0) is 9.59 Å². The molecule has 5 aliphatic carbocycles. The van der Waals surface area contributed by atoms with E-state index in [-0.39, 0.29) is 45.2 Å². The summed E-state index contributed by atoms with van der Waals surface area (Å²) in [6.07, 6.45) is 10.5. The van der Waals surface area contributed by atoms with Crippen LogP contribution in [0.4, 0.5) is 0 Å². The summed E-state index contributed by atoms with van der Waals surface area (Å²) in [6, 6.07) is 0. The maximum absolute atomic E-state index is 14.2. The Hall–Kier alpha value is -1.49. The van der Waals surface area contributed by atoms with Crippen molar-refractivity contribution in [3.05, 3.63) is 11.6 Å². The molecule has 0 aromatic rings. The molecular formula is C30H45NO4. The van der Waals surface area contributed by atoms with E-state index < -0.39 is 22.9 Å². The fourth-order valence-electron chi connectivity index (χ4n) is 10.3. The predicted octanol–water partition coefficient (Wildman–Crippen LogP) is 6.04. The van der Waals surface area contributed by atoms with Crippen LogP contribution in [0.1, 0.15) is 99.3 Å². The van der Waals surface area contributed by atoms with E-state index in [1.165, 1.54) is 11.8 Å². The van der Waals surface area contributed by atoms with Crippen molar-refractivity contribution in [3.8, 4) is 0 Å². The molecule has 0 aliphatic heterocycles. The van der Waals surface area contributed by atoms with Gasteiger partial charge in [0.25, 0.3) is 0 Å². The minimum absolute atomic E-state index is 0.0542. The van der Waals surface area contributed by atoms with Gasteiger partial charge in [-0.25, -0.2) is 0 Å². The molecule has 35 heavy (non-hydrogen) atoms. The highest BCUT2D eigenvalue weighted by molar-refractivity contribution is 5.96. The van der Waals surface area contributed by atoms with Crippen LogP contribution >= 0.6 is 0 Å². The zero-order chi connectivity index (χ0) is 25.8. The lowest BCUT2D eigenvalue weighted by atomic mass is 9.33. The number of ketones is 1. The van der Waals surface area contributed by atoms with Gasteiger partial charge in [-0.15, -0.1) is 0 Å². The van der Waals surface area contributed by atoms with E-state index in [9.17, 15) is 19.8 Å². The van der Waals surface area contributed by atoms with Gasteiger partial charge in [-0.05, 0) is 104 Å². The van der Waals surface area contributed by atoms with E-state index in [1.54, 1.807) is 0 Å². The van der Waals surface area contributed by atoms with E-state index in [0.717, 1.165) is 38.5 Å². The van der Waals surface area contributed by atoms with Crippen LogP contribution in [0, 0.1) is 55.7 Å². The molecule has 4 saturated carbocycles. The summed E-state index contributed by atoms with van der Waals surface area (Å²) in [5.74, 6) is -0.395. The quantitative estimate of drug-likeness (QED) is 0.417. The Morgan fingerprint density at radius 2 is 1.66 bits per heavy atom. The van der Waals surface area contributed by atoms with E-state index in [4.69, 9.17) is 5.41 Å². The Bertz CT molecular complexity index is 1020. The van der Waals surface area contributed by atoms with Gasteiger partial charge < -0.3 is 15.6 Å². The molecule has 0 heterocycles. The van der Waals surface area contributed by atoms with Crippen molar-refractivity contribution >= 4 is 18.0 Å². The fourth-order valence-corrected chi connectivity index (χ4v) is 10.3. The summed E-state index contributed by atoms with van der Waals surface area (Å²) < 4.78 is 0. The van der Waals surface area contributed by atoms with Crippen LogP contribution in [0.5, 0.6) is 0 Å². The molecule has 5 aliphatic rings. The molecular weight excluding hydrogens is 438 g/mol. The first-order valence-corrected chi connectivity index (χ1v) is 13.8. The number of carbonyl (C=O) groups is 2. The summed E-state index contributed by atoms with van der Waals surface area (Å²) in [6.45, 7) is 13.2. The lowest BCUT2D eigenvalue weighted by molar-refractivity contribution is -0.193. The van der Waals surface area contributed by atoms with E-state index in [2.05, 4.69) is 27.7 Å². The van der Waals surface area contributed by atoms with E-state index in [0.29, 0.717) is 19.3 Å². The molecule has 0 amide bonds. The number of aliphatic hydroxyl groups is 1. The van der Waals surface area contributed by atoms with Crippen molar-refractivity contribution in [1.82, 2.24) is 0 Å². The molecule has 0 aromatic carbocycles. The highest BCUT2D eigenvalue weighted by atomic mass is 16.4. The monoisotopic (exact) mass is 483 g/mol. The second kappa shape index (κ2) is 7.30. The molecule has 10 atom stereocenters. The average molecular weight is 484 g/mol. The molecule has 5 nitrogen and oxygen atoms in total. The van der Waals surface area contributed by atoms with Gasteiger partial charge in [0.1, 0.15) is 0 Å². The topological polar surface area (TPSA) is 98.4 Å². The van der Waals surface area contributed by atoms with Crippen molar-refractivity contribution in [2.75, 3.05) is 0 Å². The molecule has 0 aromatic heterocycles. The molecule has 0 bridgehead atoms. The van der Waals surface area contributed by atoms with Gasteiger partial charge in [0.2, 0.25) is 0 Å². The van der Waals surface area contributed by atoms with Crippen LogP contribution in [0.3, 0.4) is 0 Å². The first-order chi connectivity index (χ1) is 16.1. The number of carboxylic acid groups (broad SMARTS) is 1. The summed E-state index contributed by atoms with van der Waals surface area (Å²) in [5.41, 5.74) is -0.658. The maximum atomic E-state index is 14.2. The van der Waals surface area contributed by atoms with Crippen LogP contribution in [0.2, 0.25) is 0 Å². The first-order valence-electron chi connectivity index (χ1n) is 13.8. The van der Waals surface area contributed by atoms with Crippen molar-refractivity contribution in [2.45, 2.75) is 105 Å². The highest BCUT2D eigenvalue weighted by Gasteiger charge is 2.70. The lowest BCUT2D eigenvalue weighted by Crippen LogP contribution is -2.67. The Morgan fingerprint density at radius 1 is 1.00 bits per heavy atom. The first kappa shape index (κ1) is 25.2. The number of hydrogen-bond acceptors (Lipinski definition) is 4. The summed E-state index contributed by atoms with van der Waals surface area (Å²) in [7, 11) is 0. The molecule has 3 N–H and O–H groups in total. The fraction of sp³-hybridized carbons (Fsp3) is 0.833. The number of hydrogen-bond donors (Lipinski definition) is 3. The second-order valence-electron chi connectivity index (χ2n) is 14.6. The number of carbonyl (C=O) groups excluding carboxylic acids is 1. The molecule has 5 rings (SSSR count). The number of allylic oxidation sites excluding steroid dienone is 2. The number of carboxylic acids is 1. The third-order valence-electron chi connectivity index (χ3n) is 13.1. The van der Waals surface area contributed by atoms with Crippen molar-refractivity contribution in [3.63, 3.8) is 0 Å². The van der Waals surface area contributed by atoms with Gasteiger partial charge in [0, 0.05) is 17.5 Å². The molecule has 0 radical (unpaired) electrons. The van der Waals surface area contributed by atoms with Crippen LogP contribution in [0.15, 0.2) is 11.6 Å². The van der Waals surface area contributed by atoms with Crippen LogP contribution in [-0.4, -0.2) is 34.3 Å². The van der Waals surface area contributed by atoms with Crippen LogP contribution < -0.4 is 0 Å². The van der Waals surface area contributed by atoms with Crippen molar-refractivity contribution < 1.29 is 19.8 Å². The van der Waals surface area contributed by atoms with E-state index >= 15 is 0 Å². The van der Waals surface area contributed by atoms with Gasteiger partial charge >= 0.3 is 5.97 Å². The third kappa shape index (κ3) is 2.94. The van der Waals surface area contributed by atoms with Crippen molar-refractivity contribution in [2.24, 2.45) is 50.2 Å². The Morgan fingerprint density at radius 3 is 2.29 bits per heavy atom. The highest BCUT2D eigenvalue weighted by Crippen LogP contribution is 2.75. The molecule has 0 saturated heterocycles. The second-order valence-corrected chi connectivity index (χ2v) is 14.6. The Kier molecular flexibility index (Phi) is 5.25. The third-order valence-corrected chi connectivity index (χ3v) is 13.1. The molecule has 1 unspecified atom stereocenters. The summed E-state index contributed by atoms with van der Waals surface area (Å²) >= 11 is 0. The Labute approximate surface area is 210 Å². The van der Waals surface area contributed by atoms with E-state index in [1.807, 2.05) is 19.9 Å². The van der Waals surface area contributed by atoms with Gasteiger partial charge in [0.05, 0.1) is 11.5 Å². The number of fused-ring (bicyclic) bond motifs is 7. The van der Waals surface area contributed by atoms with Gasteiger partial charge in [0.15, 0.2) is 5.78 Å². The lowest BCUT2D eigenvalue weighted by Gasteiger charge is -2.70. The van der Waals surface area contributed by atoms with Gasteiger partial charge in [-0.2, -0.15) is 0 Å². The minimum atomic E-state index is -0.737. The van der Waals surface area contributed by atoms with Gasteiger partial charge in [-0.3, -0.25) is 9.59 Å². The smallest absolute Gasteiger partial charge is 0.309 e. The largest absolute Gasteiger partial charge is 0.481 e. The number of rotatable bonds is 2. The minimum Gasteiger partial charge on any atom is -0.481 e.